The zero-order valence-electron chi connectivity index (χ0n) is 10.9. The quantitative estimate of drug-likeness (QED) is 0.843. The van der Waals surface area contributed by atoms with Gasteiger partial charge < -0.3 is 5.73 Å². The second kappa shape index (κ2) is 5.69. The molecular formula is C12H14ClN3O2S2. The second-order valence-corrected chi connectivity index (χ2v) is 7.70. The van der Waals surface area contributed by atoms with E-state index in [4.69, 9.17) is 17.3 Å². The van der Waals surface area contributed by atoms with E-state index in [1.165, 1.54) is 29.5 Å². The summed E-state index contributed by atoms with van der Waals surface area (Å²) in [6.45, 7) is 3.65. The monoisotopic (exact) mass is 331 g/mol. The number of nitrogens with zero attached hydrogens (tertiary/aromatic N) is 1. The number of aromatic nitrogens is 1. The summed E-state index contributed by atoms with van der Waals surface area (Å²) in [7, 11) is -3.72. The lowest BCUT2D eigenvalue weighted by molar-refractivity contribution is 0.566. The highest BCUT2D eigenvalue weighted by Gasteiger charge is 2.22. The van der Waals surface area contributed by atoms with E-state index in [0.717, 1.165) is 4.88 Å². The second-order valence-electron chi connectivity index (χ2n) is 4.34. The van der Waals surface area contributed by atoms with E-state index in [2.05, 4.69) is 9.71 Å². The van der Waals surface area contributed by atoms with Gasteiger partial charge in [-0.25, -0.2) is 18.1 Å². The lowest BCUT2D eigenvalue weighted by atomic mass is 10.3. The normalized spacial score (nSPS) is 13.3. The van der Waals surface area contributed by atoms with Crippen LogP contribution in [0.3, 0.4) is 0 Å². The van der Waals surface area contributed by atoms with E-state index in [1.54, 1.807) is 13.1 Å². The van der Waals surface area contributed by atoms with Crippen molar-refractivity contribution < 1.29 is 8.42 Å². The number of nitrogen functional groups attached to an aromatic ring is 1. The summed E-state index contributed by atoms with van der Waals surface area (Å²) in [5.41, 5.74) is 5.97. The molecule has 2 rings (SSSR count). The van der Waals surface area contributed by atoms with Crippen LogP contribution >= 0.6 is 22.9 Å². The molecule has 0 aliphatic rings. The summed E-state index contributed by atoms with van der Waals surface area (Å²) in [6, 6.07) is 3.87. The topological polar surface area (TPSA) is 85.1 Å². The molecule has 1 heterocycles. The molecule has 1 aromatic heterocycles. The third-order valence-electron chi connectivity index (χ3n) is 2.59. The number of anilines is 1. The number of benzene rings is 1. The summed E-state index contributed by atoms with van der Waals surface area (Å²) in [6.07, 6.45) is 1.71. The number of nitrogens with one attached hydrogen (secondary N) is 1. The van der Waals surface area contributed by atoms with E-state index in [0.29, 0.717) is 10.7 Å². The number of hydrogen-bond donors (Lipinski definition) is 2. The van der Waals surface area contributed by atoms with E-state index >= 15 is 0 Å². The molecule has 1 aromatic carbocycles. The maximum Gasteiger partial charge on any atom is 0.242 e. The Morgan fingerprint density at radius 2 is 2.15 bits per heavy atom. The van der Waals surface area contributed by atoms with Crippen LogP contribution in [-0.4, -0.2) is 13.4 Å². The highest BCUT2D eigenvalue weighted by molar-refractivity contribution is 7.89. The van der Waals surface area contributed by atoms with Crippen LogP contribution < -0.4 is 10.5 Å². The fourth-order valence-corrected chi connectivity index (χ4v) is 4.27. The Kier molecular flexibility index (Phi) is 4.33. The molecule has 8 heteroatoms. The van der Waals surface area contributed by atoms with Crippen molar-refractivity contribution in [3.8, 4) is 0 Å². The molecule has 0 amide bonds. The van der Waals surface area contributed by atoms with E-state index in [-0.39, 0.29) is 9.92 Å². The molecule has 108 valence electrons. The van der Waals surface area contributed by atoms with Crippen LogP contribution in [0.2, 0.25) is 5.02 Å². The molecule has 0 spiro atoms. The number of rotatable bonds is 4. The number of nitrogens with two attached hydrogens (primary N) is 1. The van der Waals surface area contributed by atoms with Gasteiger partial charge in [0.25, 0.3) is 0 Å². The first-order valence-corrected chi connectivity index (χ1v) is 8.47. The summed E-state index contributed by atoms with van der Waals surface area (Å²) in [4.78, 5) is 5.20. The zero-order valence-corrected chi connectivity index (χ0v) is 13.3. The Hall–Kier alpha value is -1.15. The smallest absolute Gasteiger partial charge is 0.242 e. The number of sulfonamides is 1. The predicted molar refractivity (Wildman–Crippen MR) is 81.5 cm³/mol. The van der Waals surface area contributed by atoms with Gasteiger partial charge in [0.15, 0.2) is 0 Å². The molecule has 3 N–H and O–H groups in total. The van der Waals surface area contributed by atoms with Crippen molar-refractivity contribution in [1.29, 1.82) is 0 Å². The minimum absolute atomic E-state index is 0.00787. The van der Waals surface area contributed by atoms with E-state index in [1.807, 2.05) is 6.92 Å². The fraction of sp³-hybridized carbons (Fsp3) is 0.250. The molecule has 1 atom stereocenters. The van der Waals surface area contributed by atoms with Crippen molar-refractivity contribution in [1.82, 2.24) is 9.71 Å². The zero-order chi connectivity index (χ0) is 14.9. The Bertz CT molecular complexity index is 728. The number of halogens is 1. The average molecular weight is 332 g/mol. The third-order valence-corrected chi connectivity index (χ3v) is 5.71. The standard InChI is InChI=1S/C12H14ClN3O2S2/c1-7-6-15-12(19-7)8(2)16-20(17,18)11-4-3-9(14)5-10(11)13/h3-6,8,16H,14H2,1-2H3. The van der Waals surface area contributed by atoms with Crippen molar-refractivity contribution in [3.05, 3.63) is 39.3 Å². The number of aryl methyl sites for hydroxylation is 1. The molecule has 0 fully saturated rings. The molecule has 0 aliphatic heterocycles. The predicted octanol–water partition coefficient (Wildman–Crippen LogP) is 2.73. The van der Waals surface area contributed by atoms with Crippen molar-refractivity contribution in [2.45, 2.75) is 24.8 Å². The number of thiazole rings is 1. The maximum absolute atomic E-state index is 12.3. The minimum Gasteiger partial charge on any atom is -0.399 e. The summed E-state index contributed by atoms with van der Waals surface area (Å²) >= 11 is 7.38. The Morgan fingerprint density at radius 3 is 2.70 bits per heavy atom. The average Bonchev–Trinajstić information content (AvgIpc) is 2.74. The van der Waals surface area contributed by atoms with Gasteiger partial charge in [0.2, 0.25) is 10.0 Å². The van der Waals surface area contributed by atoms with Gasteiger partial charge in [-0.1, -0.05) is 11.6 Å². The van der Waals surface area contributed by atoms with Crippen molar-refractivity contribution in [3.63, 3.8) is 0 Å². The highest BCUT2D eigenvalue weighted by Crippen LogP contribution is 2.26. The van der Waals surface area contributed by atoms with E-state index < -0.39 is 16.1 Å². The highest BCUT2D eigenvalue weighted by atomic mass is 35.5. The van der Waals surface area contributed by atoms with Crippen LogP contribution in [0, 0.1) is 6.92 Å². The van der Waals surface area contributed by atoms with Gasteiger partial charge >= 0.3 is 0 Å². The van der Waals surface area contributed by atoms with Gasteiger partial charge in [-0.05, 0) is 32.0 Å². The first-order valence-electron chi connectivity index (χ1n) is 5.79. The molecule has 1 unspecified atom stereocenters. The van der Waals surface area contributed by atoms with Crippen LogP contribution in [0.15, 0.2) is 29.3 Å². The van der Waals surface area contributed by atoms with Crippen LogP contribution in [-0.2, 0) is 10.0 Å². The van der Waals surface area contributed by atoms with E-state index in [9.17, 15) is 8.42 Å². The van der Waals surface area contributed by atoms with Gasteiger partial charge in [-0.3, -0.25) is 0 Å². The molecule has 0 saturated heterocycles. The fourth-order valence-electron chi connectivity index (χ4n) is 1.65. The molecule has 0 aliphatic carbocycles. The molecule has 5 nitrogen and oxygen atoms in total. The molecule has 0 bridgehead atoms. The van der Waals surface area contributed by atoms with Gasteiger partial charge in [0, 0.05) is 16.8 Å². The summed E-state index contributed by atoms with van der Waals surface area (Å²) < 4.78 is 27.1. The minimum atomic E-state index is -3.72. The molecule has 20 heavy (non-hydrogen) atoms. The van der Waals surface area contributed by atoms with Crippen LogP contribution in [0.4, 0.5) is 5.69 Å². The van der Waals surface area contributed by atoms with Crippen molar-refractivity contribution in [2.24, 2.45) is 0 Å². The molecule has 0 saturated carbocycles. The summed E-state index contributed by atoms with van der Waals surface area (Å²) in [5.74, 6) is 0. The molecule has 2 aromatic rings. The lowest BCUT2D eigenvalue weighted by Crippen LogP contribution is -2.27. The first-order chi connectivity index (χ1) is 9.29. The Labute approximate surface area is 126 Å². The first kappa shape index (κ1) is 15.2. The Balaban J connectivity index is 2.27. The van der Waals surface area contributed by atoms with Gasteiger partial charge in [-0.2, -0.15) is 0 Å². The maximum atomic E-state index is 12.3. The third kappa shape index (κ3) is 3.29. The molecular weight excluding hydrogens is 318 g/mol. The van der Waals surface area contributed by atoms with Crippen molar-refractivity contribution >= 4 is 38.6 Å². The largest absolute Gasteiger partial charge is 0.399 e. The lowest BCUT2D eigenvalue weighted by Gasteiger charge is -2.13. The van der Waals surface area contributed by atoms with Crippen molar-refractivity contribution in [2.75, 3.05) is 5.73 Å². The summed E-state index contributed by atoms with van der Waals surface area (Å²) in [5, 5.41) is 0.803. The van der Waals surface area contributed by atoms with Gasteiger partial charge in [0.1, 0.15) is 9.90 Å². The van der Waals surface area contributed by atoms with Gasteiger partial charge in [-0.15, -0.1) is 11.3 Å². The van der Waals surface area contributed by atoms with Crippen LogP contribution in [0.1, 0.15) is 22.9 Å². The number of hydrogen-bond acceptors (Lipinski definition) is 5. The van der Waals surface area contributed by atoms with Crippen LogP contribution in [0.25, 0.3) is 0 Å². The SMILES string of the molecule is Cc1cnc(C(C)NS(=O)(=O)c2ccc(N)cc2Cl)s1. The van der Waals surface area contributed by atoms with Crippen LogP contribution in [0.5, 0.6) is 0 Å². The molecule has 0 radical (unpaired) electrons. The van der Waals surface area contributed by atoms with Gasteiger partial charge in [0.05, 0.1) is 11.1 Å². The Morgan fingerprint density at radius 1 is 1.45 bits per heavy atom.